The van der Waals surface area contributed by atoms with E-state index >= 15 is 0 Å². The quantitative estimate of drug-likeness (QED) is 0.744. The molecule has 0 saturated heterocycles. The van der Waals surface area contributed by atoms with Gasteiger partial charge in [0.2, 0.25) is 0 Å². The molecule has 0 bridgehead atoms. The zero-order valence-corrected chi connectivity index (χ0v) is 12.7. The lowest BCUT2D eigenvalue weighted by Crippen LogP contribution is -2.27. The van der Waals surface area contributed by atoms with Crippen LogP contribution in [0.3, 0.4) is 0 Å². The van der Waals surface area contributed by atoms with Crippen LogP contribution in [0.4, 0.5) is 0 Å². The van der Waals surface area contributed by atoms with Crippen LogP contribution in [0.2, 0.25) is 14.4 Å². The van der Waals surface area contributed by atoms with Crippen LogP contribution in [0.5, 0.6) is 0 Å². The van der Waals surface area contributed by atoms with Gasteiger partial charge in [-0.25, -0.2) is 4.79 Å². The number of rotatable bonds is 1. The number of hydrogen-bond donors (Lipinski definition) is 1. The fourth-order valence-corrected chi connectivity index (χ4v) is 4.46. The average molecular weight is 340 g/mol. The lowest BCUT2D eigenvalue weighted by atomic mass is 9.98. The van der Waals surface area contributed by atoms with Crippen molar-refractivity contribution >= 4 is 57.7 Å². The molecule has 0 amide bonds. The maximum atomic E-state index is 12.0. The molecule has 3 rings (SSSR count). The second-order valence-corrected chi connectivity index (χ2v) is 7.03. The third kappa shape index (κ3) is 1.88. The first-order valence-corrected chi connectivity index (χ1v) is 7.72. The Bertz CT molecular complexity index is 600. The van der Waals surface area contributed by atoms with Crippen molar-refractivity contribution in [2.45, 2.75) is 31.3 Å². The Hall–Kier alpha value is -0.420. The lowest BCUT2D eigenvalue weighted by Gasteiger charge is -2.21. The molecule has 1 spiro atoms. The van der Waals surface area contributed by atoms with E-state index in [9.17, 15) is 9.90 Å². The van der Waals surface area contributed by atoms with Gasteiger partial charge in [0.15, 0.2) is 11.4 Å². The Morgan fingerprint density at radius 2 is 1.79 bits per heavy atom. The van der Waals surface area contributed by atoms with E-state index in [1.54, 1.807) is 0 Å². The van der Waals surface area contributed by atoms with Gasteiger partial charge >= 0.3 is 5.97 Å². The van der Waals surface area contributed by atoms with Crippen molar-refractivity contribution in [2.75, 3.05) is 0 Å². The maximum absolute atomic E-state index is 12.0. The standard InChI is InChI=1S/C12H9Cl3O3S/c13-6-7(14)10(15)19-8(6)5-9(16)12(18-11(5)17)3-1-2-4-12/h16H,1-4H2. The van der Waals surface area contributed by atoms with Gasteiger partial charge in [0.05, 0.1) is 14.9 Å². The van der Waals surface area contributed by atoms with Gasteiger partial charge in [-0.1, -0.05) is 34.8 Å². The molecule has 0 unspecified atom stereocenters. The Labute approximate surface area is 128 Å². The molecular formula is C12H9Cl3O3S. The summed E-state index contributed by atoms with van der Waals surface area (Å²) in [5.41, 5.74) is -0.760. The number of halogens is 3. The highest BCUT2D eigenvalue weighted by atomic mass is 35.5. The van der Waals surface area contributed by atoms with E-state index in [0.717, 1.165) is 24.2 Å². The first kappa shape index (κ1) is 13.6. The molecule has 1 saturated carbocycles. The Balaban J connectivity index is 2.15. The topological polar surface area (TPSA) is 46.5 Å². The van der Waals surface area contributed by atoms with Gasteiger partial charge in [-0.2, -0.15) is 0 Å². The first-order chi connectivity index (χ1) is 8.96. The summed E-state index contributed by atoms with van der Waals surface area (Å²) >= 11 is 19.0. The Kier molecular flexibility index (Phi) is 3.25. The summed E-state index contributed by atoms with van der Waals surface area (Å²) in [4.78, 5) is 12.4. The van der Waals surface area contributed by atoms with Crippen molar-refractivity contribution < 1.29 is 14.6 Å². The molecule has 0 atom stereocenters. The van der Waals surface area contributed by atoms with Crippen molar-refractivity contribution in [3.63, 3.8) is 0 Å². The largest absolute Gasteiger partial charge is 0.507 e. The smallest absolute Gasteiger partial charge is 0.344 e. The van der Waals surface area contributed by atoms with Crippen molar-refractivity contribution in [3.05, 3.63) is 25.0 Å². The van der Waals surface area contributed by atoms with Gasteiger partial charge in [-0.3, -0.25) is 0 Å². The average Bonchev–Trinajstić information content (AvgIpc) is 2.99. The van der Waals surface area contributed by atoms with Crippen molar-refractivity contribution in [3.8, 4) is 0 Å². The van der Waals surface area contributed by atoms with Crippen LogP contribution in [-0.2, 0) is 9.53 Å². The molecule has 2 heterocycles. The molecule has 2 aliphatic rings. The summed E-state index contributed by atoms with van der Waals surface area (Å²) in [6, 6.07) is 0. The monoisotopic (exact) mass is 338 g/mol. The summed E-state index contributed by atoms with van der Waals surface area (Å²) in [5, 5.41) is 10.8. The SMILES string of the molecule is O=C1OC2(CCCC2)C(O)=C1c1sc(Cl)c(Cl)c1Cl. The molecule has 102 valence electrons. The van der Waals surface area contributed by atoms with Crippen LogP contribution >= 0.6 is 46.1 Å². The number of hydrogen-bond acceptors (Lipinski definition) is 4. The third-order valence-corrected chi connectivity index (χ3v) is 6.14. The third-order valence-electron chi connectivity index (χ3n) is 3.56. The number of ether oxygens (including phenoxy) is 1. The number of carbonyl (C=O) groups excluding carboxylic acids is 1. The molecule has 3 nitrogen and oxygen atoms in total. The Morgan fingerprint density at radius 1 is 1.16 bits per heavy atom. The highest BCUT2D eigenvalue weighted by Gasteiger charge is 2.51. The lowest BCUT2D eigenvalue weighted by molar-refractivity contribution is -0.146. The van der Waals surface area contributed by atoms with E-state index in [2.05, 4.69) is 0 Å². The zero-order valence-electron chi connectivity index (χ0n) is 9.63. The predicted octanol–water partition coefficient (Wildman–Crippen LogP) is 4.85. The predicted molar refractivity (Wildman–Crippen MR) is 76.2 cm³/mol. The number of aliphatic hydroxyl groups is 1. The normalized spacial score (nSPS) is 21.5. The molecule has 19 heavy (non-hydrogen) atoms. The second-order valence-electron chi connectivity index (χ2n) is 4.65. The van der Waals surface area contributed by atoms with Gasteiger partial charge < -0.3 is 9.84 Å². The Morgan fingerprint density at radius 3 is 2.32 bits per heavy atom. The van der Waals surface area contributed by atoms with Crippen LogP contribution in [0.1, 0.15) is 30.6 Å². The molecule has 0 radical (unpaired) electrons. The molecule has 1 aromatic rings. The summed E-state index contributed by atoms with van der Waals surface area (Å²) in [6.45, 7) is 0. The van der Waals surface area contributed by atoms with E-state index in [1.807, 2.05) is 0 Å². The minimum absolute atomic E-state index is 0.0357. The van der Waals surface area contributed by atoms with E-state index in [-0.39, 0.29) is 21.4 Å². The van der Waals surface area contributed by atoms with E-state index in [4.69, 9.17) is 39.5 Å². The number of carbonyl (C=O) groups is 1. The summed E-state index contributed by atoms with van der Waals surface area (Å²) in [5.74, 6) is -0.595. The summed E-state index contributed by atoms with van der Waals surface area (Å²) in [6.07, 6.45) is 3.12. The van der Waals surface area contributed by atoms with Crippen LogP contribution in [0, 0.1) is 0 Å². The van der Waals surface area contributed by atoms with Gasteiger partial charge in [0.25, 0.3) is 0 Å². The first-order valence-electron chi connectivity index (χ1n) is 5.77. The molecule has 1 fully saturated rings. The molecule has 0 aromatic carbocycles. The summed E-state index contributed by atoms with van der Waals surface area (Å²) in [7, 11) is 0. The van der Waals surface area contributed by atoms with Crippen LogP contribution in [0.25, 0.3) is 5.57 Å². The van der Waals surface area contributed by atoms with Gasteiger partial charge in [0.1, 0.15) is 9.91 Å². The zero-order chi connectivity index (χ0) is 13.8. The van der Waals surface area contributed by atoms with Crippen LogP contribution in [-0.4, -0.2) is 16.7 Å². The molecule has 1 aliphatic carbocycles. The number of esters is 1. The fraction of sp³-hybridized carbons (Fsp3) is 0.417. The van der Waals surface area contributed by atoms with Crippen LogP contribution < -0.4 is 0 Å². The fourth-order valence-electron chi connectivity index (χ4n) is 2.61. The van der Waals surface area contributed by atoms with Gasteiger partial charge in [-0.15, -0.1) is 11.3 Å². The number of aliphatic hydroxyl groups excluding tert-OH is 1. The van der Waals surface area contributed by atoms with Gasteiger partial charge in [-0.05, 0) is 25.7 Å². The minimum atomic E-state index is -0.862. The second kappa shape index (κ2) is 4.55. The maximum Gasteiger partial charge on any atom is 0.344 e. The van der Waals surface area contributed by atoms with Crippen molar-refractivity contribution in [1.29, 1.82) is 0 Å². The van der Waals surface area contributed by atoms with Gasteiger partial charge in [0, 0.05) is 0 Å². The van der Waals surface area contributed by atoms with E-state index in [0.29, 0.717) is 22.1 Å². The van der Waals surface area contributed by atoms with Crippen molar-refractivity contribution in [1.82, 2.24) is 0 Å². The highest BCUT2D eigenvalue weighted by molar-refractivity contribution is 7.19. The van der Waals surface area contributed by atoms with E-state index in [1.165, 1.54) is 0 Å². The van der Waals surface area contributed by atoms with Crippen molar-refractivity contribution in [2.24, 2.45) is 0 Å². The van der Waals surface area contributed by atoms with Crippen LogP contribution in [0.15, 0.2) is 5.76 Å². The number of thiophene rings is 1. The summed E-state index contributed by atoms with van der Waals surface area (Å²) < 4.78 is 5.69. The molecular weight excluding hydrogens is 331 g/mol. The molecule has 1 aromatic heterocycles. The highest BCUT2D eigenvalue weighted by Crippen LogP contribution is 2.51. The molecule has 1 N–H and O–H groups in total. The van der Waals surface area contributed by atoms with E-state index < -0.39 is 11.6 Å². The molecule has 7 heteroatoms. The molecule has 1 aliphatic heterocycles. The minimum Gasteiger partial charge on any atom is -0.507 e.